The molecule has 5 nitrogen and oxygen atoms in total. The average Bonchev–Trinajstić information content (AvgIpc) is 2.73. The molecule has 0 saturated carbocycles. The van der Waals surface area contributed by atoms with Crippen molar-refractivity contribution in [3.63, 3.8) is 0 Å². The topological polar surface area (TPSA) is 64.1 Å². The van der Waals surface area contributed by atoms with Gasteiger partial charge in [0.2, 0.25) is 0 Å². The number of methoxy groups -OCH3 is 1. The van der Waals surface area contributed by atoms with Gasteiger partial charge in [-0.3, -0.25) is 0 Å². The molecule has 6 heteroatoms. The van der Waals surface area contributed by atoms with Gasteiger partial charge in [0.05, 0.1) is 12.5 Å². The maximum atomic E-state index is 11.6. The zero-order chi connectivity index (χ0) is 13.1. The Kier molecular flexibility index (Phi) is 3.76. The van der Waals surface area contributed by atoms with Crippen molar-refractivity contribution in [3.05, 3.63) is 16.8 Å². The van der Waals surface area contributed by atoms with Crippen molar-refractivity contribution in [2.75, 3.05) is 19.0 Å². The van der Waals surface area contributed by atoms with Crippen LogP contribution in [-0.2, 0) is 4.74 Å². The summed E-state index contributed by atoms with van der Waals surface area (Å²) in [7, 11) is 1.38. The van der Waals surface area contributed by atoms with E-state index >= 15 is 0 Å². The molecule has 2 aromatic heterocycles. The van der Waals surface area contributed by atoms with Crippen molar-refractivity contribution >= 4 is 33.3 Å². The highest BCUT2D eigenvalue weighted by atomic mass is 32.1. The van der Waals surface area contributed by atoms with Gasteiger partial charge in [0.1, 0.15) is 21.9 Å². The number of carbonyl (C=O) groups is 1. The molecule has 0 aliphatic rings. The molecule has 2 heterocycles. The first-order chi connectivity index (χ1) is 8.69. The first-order valence-electron chi connectivity index (χ1n) is 5.75. The Morgan fingerprint density at radius 1 is 1.50 bits per heavy atom. The Morgan fingerprint density at radius 2 is 2.28 bits per heavy atom. The van der Waals surface area contributed by atoms with Crippen LogP contribution in [0.1, 0.15) is 28.6 Å². The lowest BCUT2D eigenvalue weighted by molar-refractivity contribution is 0.0605. The normalized spacial score (nSPS) is 10.6. The molecule has 0 unspecified atom stereocenters. The van der Waals surface area contributed by atoms with Gasteiger partial charge in [0, 0.05) is 6.54 Å². The van der Waals surface area contributed by atoms with Gasteiger partial charge in [-0.1, -0.05) is 6.92 Å². The number of aromatic nitrogens is 2. The van der Waals surface area contributed by atoms with E-state index in [2.05, 4.69) is 22.2 Å². The van der Waals surface area contributed by atoms with E-state index in [0.717, 1.165) is 34.6 Å². The van der Waals surface area contributed by atoms with Crippen molar-refractivity contribution in [2.45, 2.75) is 20.3 Å². The second-order valence-corrected chi connectivity index (χ2v) is 4.88. The lowest BCUT2D eigenvalue weighted by Gasteiger charge is -2.05. The predicted molar refractivity (Wildman–Crippen MR) is 72.3 cm³/mol. The van der Waals surface area contributed by atoms with Gasteiger partial charge in [-0.15, -0.1) is 11.3 Å². The number of aryl methyl sites for hydroxylation is 1. The minimum absolute atomic E-state index is 0.322. The number of hydrogen-bond acceptors (Lipinski definition) is 6. The van der Waals surface area contributed by atoms with Crippen LogP contribution in [0.4, 0.5) is 5.82 Å². The van der Waals surface area contributed by atoms with E-state index in [1.165, 1.54) is 24.8 Å². The largest absolute Gasteiger partial charge is 0.465 e. The van der Waals surface area contributed by atoms with E-state index in [1.54, 1.807) is 0 Å². The molecule has 0 amide bonds. The summed E-state index contributed by atoms with van der Waals surface area (Å²) in [6, 6.07) is 0. The smallest absolute Gasteiger partial charge is 0.348 e. The van der Waals surface area contributed by atoms with Crippen molar-refractivity contribution in [2.24, 2.45) is 0 Å². The monoisotopic (exact) mass is 265 g/mol. The third-order valence-electron chi connectivity index (χ3n) is 2.64. The number of ether oxygens (including phenoxy) is 1. The number of nitrogens with one attached hydrogen (secondary N) is 1. The Morgan fingerprint density at radius 3 is 2.94 bits per heavy atom. The fourth-order valence-corrected chi connectivity index (χ4v) is 2.80. The molecule has 96 valence electrons. The minimum atomic E-state index is -0.322. The molecule has 0 bridgehead atoms. The number of thiophene rings is 1. The van der Waals surface area contributed by atoms with Gasteiger partial charge in [0.25, 0.3) is 0 Å². The molecule has 0 aromatic carbocycles. The molecule has 0 aliphatic heterocycles. The first kappa shape index (κ1) is 12.8. The zero-order valence-corrected chi connectivity index (χ0v) is 11.4. The standard InChI is InChI=1S/C12H15N3O2S/c1-4-5-13-10-8-7(2)9(12(16)17-3)18-11(8)15-6-14-10/h6H,4-5H2,1-3H3,(H,13,14,15). The van der Waals surface area contributed by atoms with E-state index in [9.17, 15) is 4.79 Å². The highest BCUT2D eigenvalue weighted by Crippen LogP contribution is 2.33. The Hall–Kier alpha value is -1.69. The van der Waals surface area contributed by atoms with Crippen molar-refractivity contribution in [3.8, 4) is 0 Å². The molecular weight excluding hydrogens is 250 g/mol. The minimum Gasteiger partial charge on any atom is -0.465 e. The number of esters is 1. The summed E-state index contributed by atoms with van der Waals surface area (Å²) in [5.41, 5.74) is 0.876. The molecule has 18 heavy (non-hydrogen) atoms. The van der Waals surface area contributed by atoms with Crippen LogP contribution in [0, 0.1) is 6.92 Å². The first-order valence-corrected chi connectivity index (χ1v) is 6.57. The number of rotatable bonds is 4. The molecule has 0 atom stereocenters. The van der Waals surface area contributed by atoms with Crippen LogP contribution >= 0.6 is 11.3 Å². The van der Waals surface area contributed by atoms with E-state index < -0.39 is 0 Å². The van der Waals surface area contributed by atoms with Crippen LogP contribution in [0.5, 0.6) is 0 Å². The Labute approximate surface area is 109 Å². The lowest BCUT2D eigenvalue weighted by atomic mass is 10.2. The number of hydrogen-bond donors (Lipinski definition) is 1. The van der Waals surface area contributed by atoms with Gasteiger partial charge < -0.3 is 10.1 Å². The second-order valence-electron chi connectivity index (χ2n) is 3.88. The lowest BCUT2D eigenvalue weighted by Crippen LogP contribution is -2.03. The fourth-order valence-electron chi connectivity index (χ4n) is 1.74. The van der Waals surface area contributed by atoms with Crippen molar-refractivity contribution in [1.82, 2.24) is 9.97 Å². The van der Waals surface area contributed by atoms with Crippen LogP contribution in [0.15, 0.2) is 6.33 Å². The van der Waals surface area contributed by atoms with Gasteiger partial charge >= 0.3 is 5.97 Å². The molecule has 0 radical (unpaired) electrons. The fraction of sp³-hybridized carbons (Fsp3) is 0.417. The quantitative estimate of drug-likeness (QED) is 0.861. The SMILES string of the molecule is CCCNc1ncnc2sc(C(=O)OC)c(C)c12. The van der Waals surface area contributed by atoms with Crippen molar-refractivity contribution < 1.29 is 9.53 Å². The van der Waals surface area contributed by atoms with E-state index in [4.69, 9.17) is 4.74 Å². The Bertz CT molecular complexity index is 580. The summed E-state index contributed by atoms with van der Waals surface area (Å²) >= 11 is 1.34. The van der Waals surface area contributed by atoms with Crippen LogP contribution in [0.3, 0.4) is 0 Å². The number of nitrogens with zero attached hydrogens (tertiary/aromatic N) is 2. The molecule has 0 aliphatic carbocycles. The Balaban J connectivity index is 2.54. The average molecular weight is 265 g/mol. The van der Waals surface area contributed by atoms with E-state index in [1.807, 2.05) is 6.92 Å². The molecule has 2 aromatic rings. The zero-order valence-electron chi connectivity index (χ0n) is 10.6. The highest BCUT2D eigenvalue weighted by molar-refractivity contribution is 7.20. The van der Waals surface area contributed by atoms with Gasteiger partial charge in [0.15, 0.2) is 0 Å². The van der Waals surface area contributed by atoms with E-state index in [-0.39, 0.29) is 5.97 Å². The molecule has 0 fully saturated rings. The molecule has 1 N–H and O–H groups in total. The maximum Gasteiger partial charge on any atom is 0.348 e. The predicted octanol–water partition coefficient (Wildman–Crippen LogP) is 2.61. The van der Waals surface area contributed by atoms with Gasteiger partial charge in [-0.25, -0.2) is 14.8 Å². The summed E-state index contributed by atoms with van der Waals surface area (Å²) in [6.45, 7) is 4.83. The third kappa shape index (κ3) is 2.15. The van der Waals surface area contributed by atoms with Crippen molar-refractivity contribution in [1.29, 1.82) is 0 Å². The molecule has 0 spiro atoms. The van der Waals surface area contributed by atoms with Crippen LogP contribution in [-0.4, -0.2) is 29.6 Å². The van der Waals surface area contributed by atoms with Gasteiger partial charge in [-0.05, 0) is 18.9 Å². The van der Waals surface area contributed by atoms with Crippen LogP contribution < -0.4 is 5.32 Å². The molecular formula is C12H15N3O2S. The number of fused-ring (bicyclic) bond motifs is 1. The summed E-state index contributed by atoms with van der Waals surface area (Å²) in [6.07, 6.45) is 2.52. The number of anilines is 1. The van der Waals surface area contributed by atoms with E-state index in [0.29, 0.717) is 4.88 Å². The summed E-state index contributed by atoms with van der Waals surface area (Å²) in [4.78, 5) is 21.5. The second kappa shape index (κ2) is 5.30. The highest BCUT2D eigenvalue weighted by Gasteiger charge is 2.19. The summed E-state index contributed by atoms with van der Waals surface area (Å²) in [5, 5.41) is 4.17. The van der Waals surface area contributed by atoms with Crippen LogP contribution in [0.25, 0.3) is 10.2 Å². The molecule has 2 rings (SSSR count). The summed E-state index contributed by atoms with van der Waals surface area (Å²) < 4.78 is 4.77. The summed E-state index contributed by atoms with van der Waals surface area (Å²) in [5.74, 6) is 0.461. The van der Waals surface area contributed by atoms with Gasteiger partial charge in [-0.2, -0.15) is 0 Å². The third-order valence-corrected chi connectivity index (χ3v) is 3.82. The molecule has 0 saturated heterocycles. The number of carbonyl (C=O) groups excluding carboxylic acids is 1. The maximum absolute atomic E-state index is 11.6. The van der Waals surface area contributed by atoms with Crippen LogP contribution in [0.2, 0.25) is 0 Å².